The lowest BCUT2D eigenvalue weighted by Crippen LogP contribution is -2.31. The van der Waals surface area contributed by atoms with Crippen molar-refractivity contribution in [2.75, 3.05) is 13.3 Å². The predicted molar refractivity (Wildman–Crippen MR) is 141 cm³/mol. The van der Waals surface area contributed by atoms with Crippen LogP contribution in [0, 0.1) is 0 Å². The molecule has 0 radical (unpaired) electrons. The first-order chi connectivity index (χ1) is 13.6. The molecule has 5 heteroatoms. The maximum absolute atomic E-state index is 4.65. The maximum atomic E-state index is 4.65. The van der Waals surface area contributed by atoms with Crippen molar-refractivity contribution >= 4 is 31.8 Å². The Balaban J connectivity index is 1.25. The molecule has 0 aromatic heterocycles. The van der Waals surface area contributed by atoms with Gasteiger partial charge in [0.15, 0.2) is 0 Å². The van der Waals surface area contributed by atoms with Crippen molar-refractivity contribution in [1.29, 1.82) is 0 Å². The molecule has 0 aromatic rings. The fourth-order valence-corrected chi connectivity index (χ4v) is 19.2. The van der Waals surface area contributed by atoms with Crippen LogP contribution >= 0.6 is 31.8 Å². The summed E-state index contributed by atoms with van der Waals surface area (Å²) in [6.45, 7) is 24.1. The van der Waals surface area contributed by atoms with E-state index in [9.17, 15) is 0 Å². The highest BCUT2D eigenvalue weighted by Gasteiger charge is 2.51. The summed E-state index contributed by atoms with van der Waals surface area (Å²) in [5.74, 6) is 0. The predicted octanol–water partition coefficient (Wildman–Crippen LogP) is 8.43. The quantitative estimate of drug-likeness (QED) is 0.242. The second-order valence-electron chi connectivity index (χ2n) is 10.4. The van der Waals surface area contributed by atoms with Crippen LogP contribution in [0.15, 0.2) is 23.8 Å². The molecular formula is C24H43NP4. The van der Waals surface area contributed by atoms with E-state index in [-0.39, 0.29) is 31.8 Å². The van der Waals surface area contributed by atoms with Gasteiger partial charge in [-0.1, -0.05) is 78.5 Å². The third kappa shape index (κ3) is 4.37. The smallest absolute Gasteiger partial charge is 0.0224 e. The van der Waals surface area contributed by atoms with Crippen LogP contribution < -0.4 is 0 Å². The average Bonchev–Trinajstić information content (AvgIpc) is 3.46. The molecule has 164 valence electrons. The third-order valence-electron chi connectivity index (χ3n) is 8.49. The van der Waals surface area contributed by atoms with Gasteiger partial charge in [-0.2, -0.15) is 0 Å². The summed E-state index contributed by atoms with van der Waals surface area (Å²) < 4.78 is 2.78. The average molecular weight is 470 g/mol. The Hall–Kier alpha value is 1.16. The molecule has 0 aliphatic carbocycles. The van der Waals surface area contributed by atoms with Gasteiger partial charge in [0.1, 0.15) is 0 Å². The minimum atomic E-state index is -0.00362. The van der Waals surface area contributed by atoms with E-state index in [1.165, 1.54) is 42.6 Å². The Morgan fingerprint density at radius 1 is 0.793 bits per heavy atom. The minimum Gasteiger partial charge on any atom is -0.280 e. The molecule has 10 atom stereocenters. The van der Waals surface area contributed by atoms with Crippen molar-refractivity contribution < 1.29 is 0 Å². The van der Waals surface area contributed by atoms with Gasteiger partial charge in [-0.05, 0) is 96.7 Å². The van der Waals surface area contributed by atoms with Gasteiger partial charge in [-0.25, -0.2) is 0 Å². The Labute approximate surface area is 186 Å². The largest absolute Gasteiger partial charge is 0.280 e. The summed E-state index contributed by atoms with van der Waals surface area (Å²) in [6.07, 6.45) is 7.28. The zero-order chi connectivity index (χ0) is 21.2. The highest BCUT2D eigenvalue weighted by molar-refractivity contribution is 7.71. The Morgan fingerprint density at radius 2 is 1.34 bits per heavy atom. The van der Waals surface area contributed by atoms with Crippen LogP contribution in [0.5, 0.6) is 0 Å². The number of rotatable bonds is 9. The van der Waals surface area contributed by atoms with Gasteiger partial charge in [0, 0.05) is 6.29 Å². The first-order valence-electron chi connectivity index (χ1n) is 11.8. The van der Waals surface area contributed by atoms with Crippen LogP contribution in [0.2, 0.25) is 0 Å². The topological polar surface area (TPSA) is 3.24 Å². The second kappa shape index (κ2) is 8.83. The zero-order valence-electron chi connectivity index (χ0n) is 19.8. The fourth-order valence-electron chi connectivity index (χ4n) is 6.33. The lowest BCUT2D eigenvalue weighted by molar-refractivity contribution is 0.597. The van der Waals surface area contributed by atoms with E-state index in [4.69, 9.17) is 0 Å². The molecule has 4 fully saturated rings. The van der Waals surface area contributed by atoms with Crippen molar-refractivity contribution in [3.05, 3.63) is 23.8 Å². The lowest BCUT2D eigenvalue weighted by atomic mass is 10.1. The van der Waals surface area contributed by atoms with Crippen molar-refractivity contribution in [2.24, 2.45) is 0 Å². The minimum absolute atomic E-state index is 0.00362. The molecule has 0 spiro atoms. The number of nitrogens with zero attached hydrogens (tertiary/aromatic N) is 1. The molecule has 2 unspecified atom stereocenters. The number of allylic oxidation sites excluding steroid dienone is 2. The van der Waals surface area contributed by atoms with Crippen LogP contribution in [0.25, 0.3) is 0 Å². The SMILES string of the molecule is C=C(C(=C)P1[C@@H](C)C[C@@H]1C)P1[C@@H](CC[C@H]2[C@H](C)P2CN(C)P2[C@@H](C)[C@@H]2C)C[C@@H]1C. The monoisotopic (exact) mass is 469 g/mol. The molecule has 29 heavy (non-hydrogen) atoms. The summed E-state index contributed by atoms with van der Waals surface area (Å²) in [5, 5.41) is 3.03. The first kappa shape index (κ1) is 23.3. The lowest BCUT2D eigenvalue weighted by Gasteiger charge is -2.49. The van der Waals surface area contributed by atoms with Crippen molar-refractivity contribution in [1.82, 2.24) is 4.67 Å². The number of hydrogen-bond acceptors (Lipinski definition) is 1. The van der Waals surface area contributed by atoms with Crippen LogP contribution in [-0.2, 0) is 0 Å². The van der Waals surface area contributed by atoms with Gasteiger partial charge in [-0.15, -0.1) is 0 Å². The van der Waals surface area contributed by atoms with Crippen LogP contribution in [0.3, 0.4) is 0 Å². The molecule has 0 N–H and O–H groups in total. The summed E-state index contributed by atoms with van der Waals surface area (Å²) in [4.78, 5) is 0. The van der Waals surface area contributed by atoms with Gasteiger partial charge in [-0.3, -0.25) is 4.67 Å². The molecule has 0 amide bonds. The highest BCUT2D eigenvalue weighted by atomic mass is 31.1. The zero-order valence-corrected chi connectivity index (χ0v) is 23.4. The molecule has 4 aliphatic rings. The van der Waals surface area contributed by atoms with E-state index in [2.05, 4.69) is 66.4 Å². The Bertz CT molecular complexity index is 649. The molecule has 0 bridgehead atoms. The van der Waals surface area contributed by atoms with Gasteiger partial charge >= 0.3 is 0 Å². The summed E-state index contributed by atoms with van der Waals surface area (Å²) in [7, 11) is 2.94. The first-order valence-corrected chi connectivity index (χ1v) is 17.9. The Morgan fingerprint density at radius 3 is 1.86 bits per heavy atom. The van der Waals surface area contributed by atoms with E-state index in [0.29, 0.717) is 0 Å². The fraction of sp³-hybridized carbons (Fsp3) is 0.833. The molecule has 4 saturated heterocycles. The van der Waals surface area contributed by atoms with E-state index in [1.807, 2.05) is 0 Å². The molecular weight excluding hydrogens is 426 g/mol. The van der Waals surface area contributed by atoms with E-state index < -0.39 is 0 Å². The molecule has 4 rings (SSSR count). The van der Waals surface area contributed by atoms with E-state index in [0.717, 1.165) is 45.3 Å². The maximum Gasteiger partial charge on any atom is 0.0224 e. The van der Waals surface area contributed by atoms with E-state index in [1.54, 1.807) is 0 Å². The molecule has 4 aliphatic heterocycles. The van der Waals surface area contributed by atoms with Crippen LogP contribution in [-0.4, -0.2) is 63.3 Å². The second-order valence-corrected chi connectivity index (χ2v) is 22.4. The molecule has 0 saturated carbocycles. The third-order valence-corrected chi connectivity index (χ3v) is 21.9. The number of hydrogen-bond donors (Lipinski definition) is 0. The van der Waals surface area contributed by atoms with Crippen molar-refractivity contribution in [3.63, 3.8) is 0 Å². The molecule has 0 aromatic carbocycles. The van der Waals surface area contributed by atoms with Crippen LogP contribution in [0.4, 0.5) is 0 Å². The summed E-state index contributed by atoms with van der Waals surface area (Å²) in [6, 6.07) is 0. The molecule has 4 heterocycles. The standard InChI is InChI=1S/C24H43NP4/c1-15-12-16(2)27(15)18(4)19(5)28-17(3)13-23(28)10-11-24-22(8)26(24)14-25(9)29-20(6)21(29)7/h15-17,20-24H,4-5,10-14H2,1-3,6-9H3/t15-,16-,17-,20-,21-,22-,23-,24-,26?,28?/m0/s1. The van der Waals surface area contributed by atoms with Gasteiger partial charge in [0.25, 0.3) is 0 Å². The van der Waals surface area contributed by atoms with Gasteiger partial charge in [0.2, 0.25) is 0 Å². The van der Waals surface area contributed by atoms with Crippen LogP contribution in [0.1, 0.15) is 67.2 Å². The normalized spacial score (nSPS) is 48.8. The van der Waals surface area contributed by atoms with Crippen molar-refractivity contribution in [2.45, 2.75) is 112 Å². The van der Waals surface area contributed by atoms with Crippen molar-refractivity contribution in [3.8, 4) is 0 Å². The van der Waals surface area contributed by atoms with E-state index >= 15 is 0 Å². The molecule has 1 nitrogen and oxygen atoms in total. The summed E-state index contributed by atoms with van der Waals surface area (Å²) >= 11 is 0. The van der Waals surface area contributed by atoms with Gasteiger partial charge in [0.05, 0.1) is 0 Å². The summed E-state index contributed by atoms with van der Waals surface area (Å²) in [5.41, 5.74) is 7.69. The van der Waals surface area contributed by atoms with Gasteiger partial charge < -0.3 is 0 Å². The Kier molecular flexibility index (Phi) is 7.11. The highest BCUT2D eigenvalue weighted by Crippen LogP contribution is 2.76.